The number of hydrogen-bond donors (Lipinski definition) is 2. The number of carbonyl (C=O) groups excluding carboxylic acids is 3. The standard InChI is InChI=1S/C31H43N5O5/c1-7-22(17-37)25(24(18-38)19-40-6)13-29-31-23(15-36(29)5)12-26-27(16-35(3)4)30(9-8-28(26)34-31)41-21(2)14-32-10-11-33-20-39/h8-9,12-13,17-18,20-22,32H,7,10-11,14-16,19H2,1-6H3,(H,33,39)/b25-24-,29-13-. The van der Waals surface area contributed by atoms with Crippen molar-refractivity contribution < 1.29 is 23.9 Å². The smallest absolute Gasteiger partial charge is 0.207 e. The first-order valence-corrected chi connectivity index (χ1v) is 14.0. The number of methoxy groups -OCH3 is 1. The third-order valence-corrected chi connectivity index (χ3v) is 7.08. The van der Waals surface area contributed by atoms with Gasteiger partial charge in [-0.3, -0.25) is 9.59 Å². The van der Waals surface area contributed by atoms with Gasteiger partial charge in [-0.2, -0.15) is 0 Å². The number of ether oxygens (including phenoxy) is 2. The number of aldehydes is 2. The molecular formula is C31H43N5O5. The van der Waals surface area contributed by atoms with Gasteiger partial charge in [-0.15, -0.1) is 0 Å². The molecule has 1 aliphatic rings. The van der Waals surface area contributed by atoms with Crippen molar-refractivity contribution in [2.24, 2.45) is 5.92 Å². The lowest BCUT2D eigenvalue weighted by Gasteiger charge is -2.21. The Morgan fingerprint density at radius 2 is 2.00 bits per heavy atom. The van der Waals surface area contributed by atoms with E-state index in [1.165, 1.54) is 7.11 Å². The van der Waals surface area contributed by atoms with Gasteiger partial charge in [-0.25, -0.2) is 4.98 Å². The van der Waals surface area contributed by atoms with Gasteiger partial charge in [0.25, 0.3) is 0 Å². The highest BCUT2D eigenvalue weighted by molar-refractivity contribution is 5.89. The number of rotatable bonds is 17. The predicted molar refractivity (Wildman–Crippen MR) is 160 cm³/mol. The summed E-state index contributed by atoms with van der Waals surface area (Å²) in [5.41, 5.74) is 5.81. The number of allylic oxidation sites excluding steroid dienone is 2. The number of hydrogen-bond acceptors (Lipinski definition) is 9. The van der Waals surface area contributed by atoms with Crippen molar-refractivity contribution in [3.63, 3.8) is 0 Å². The Kier molecular flexibility index (Phi) is 12.0. The van der Waals surface area contributed by atoms with E-state index in [1.807, 2.05) is 53.2 Å². The molecule has 2 heterocycles. The molecule has 2 unspecified atom stereocenters. The molecule has 2 aromatic rings. The summed E-state index contributed by atoms with van der Waals surface area (Å²) in [4.78, 5) is 43.6. The summed E-state index contributed by atoms with van der Waals surface area (Å²) in [7, 11) is 7.58. The summed E-state index contributed by atoms with van der Waals surface area (Å²) in [5, 5.41) is 6.97. The van der Waals surface area contributed by atoms with Crippen molar-refractivity contribution in [1.29, 1.82) is 0 Å². The maximum absolute atomic E-state index is 11.9. The quantitative estimate of drug-likeness (QED) is 0.170. The van der Waals surface area contributed by atoms with Gasteiger partial charge < -0.3 is 34.7 Å². The minimum absolute atomic E-state index is 0.0821. The first-order valence-electron chi connectivity index (χ1n) is 14.0. The molecule has 10 nitrogen and oxygen atoms in total. The van der Waals surface area contributed by atoms with E-state index in [2.05, 4.69) is 26.5 Å². The van der Waals surface area contributed by atoms with Crippen molar-refractivity contribution in [2.75, 3.05) is 54.5 Å². The molecule has 0 fully saturated rings. The van der Waals surface area contributed by atoms with Crippen molar-refractivity contribution in [3.8, 4) is 5.75 Å². The largest absolute Gasteiger partial charge is 0.489 e. The van der Waals surface area contributed by atoms with Crippen LogP contribution >= 0.6 is 0 Å². The Morgan fingerprint density at radius 1 is 1.22 bits per heavy atom. The second kappa shape index (κ2) is 15.4. The van der Waals surface area contributed by atoms with E-state index in [4.69, 9.17) is 14.5 Å². The fraction of sp³-hybridized carbons (Fsp3) is 0.484. The van der Waals surface area contributed by atoms with Crippen LogP contribution in [0.5, 0.6) is 5.75 Å². The summed E-state index contributed by atoms with van der Waals surface area (Å²) >= 11 is 0. The van der Waals surface area contributed by atoms with Crippen LogP contribution in [0.3, 0.4) is 0 Å². The molecule has 0 bridgehead atoms. The normalized spacial score (nSPS) is 16.0. The minimum Gasteiger partial charge on any atom is -0.489 e. The molecule has 0 aliphatic carbocycles. The average molecular weight is 566 g/mol. The summed E-state index contributed by atoms with van der Waals surface area (Å²) in [5.74, 6) is 0.396. The minimum atomic E-state index is -0.417. The van der Waals surface area contributed by atoms with Gasteiger partial charge in [0, 0.05) is 69.3 Å². The topological polar surface area (TPSA) is 113 Å². The van der Waals surface area contributed by atoms with E-state index < -0.39 is 5.92 Å². The maximum Gasteiger partial charge on any atom is 0.207 e. The molecular weight excluding hydrogens is 522 g/mol. The van der Waals surface area contributed by atoms with E-state index in [0.717, 1.165) is 51.7 Å². The van der Waals surface area contributed by atoms with Gasteiger partial charge in [-0.05, 0) is 62.9 Å². The first-order chi connectivity index (χ1) is 19.8. The number of carbonyl (C=O) groups is 3. The van der Waals surface area contributed by atoms with Crippen LogP contribution in [-0.2, 0) is 32.2 Å². The fourth-order valence-electron chi connectivity index (χ4n) is 5.06. The van der Waals surface area contributed by atoms with Crippen molar-refractivity contribution in [3.05, 3.63) is 52.2 Å². The molecule has 1 aromatic heterocycles. The molecule has 0 spiro atoms. The van der Waals surface area contributed by atoms with Crippen LogP contribution in [-0.4, -0.2) is 94.4 Å². The maximum atomic E-state index is 11.9. The summed E-state index contributed by atoms with van der Waals surface area (Å²) in [6.45, 7) is 7.28. The zero-order valence-corrected chi connectivity index (χ0v) is 25.0. The third kappa shape index (κ3) is 8.00. The van der Waals surface area contributed by atoms with Gasteiger partial charge in [0.15, 0.2) is 0 Å². The number of nitrogens with one attached hydrogen (secondary N) is 2. The van der Waals surface area contributed by atoms with Crippen LogP contribution in [0.1, 0.15) is 37.1 Å². The summed E-state index contributed by atoms with van der Waals surface area (Å²) in [6, 6.07) is 6.14. The monoisotopic (exact) mass is 565 g/mol. The highest BCUT2D eigenvalue weighted by atomic mass is 16.5. The van der Waals surface area contributed by atoms with E-state index in [9.17, 15) is 14.4 Å². The number of nitrogens with zero attached hydrogens (tertiary/aromatic N) is 3. The van der Waals surface area contributed by atoms with Gasteiger partial charge in [0.05, 0.1) is 23.5 Å². The molecule has 1 aromatic carbocycles. The molecule has 222 valence electrons. The van der Waals surface area contributed by atoms with Crippen molar-refractivity contribution in [1.82, 2.24) is 25.4 Å². The Balaban J connectivity index is 2.04. The van der Waals surface area contributed by atoms with Gasteiger partial charge >= 0.3 is 0 Å². The van der Waals surface area contributed by atoms with Crippen molar-refractivity contribution >= 4 is 35.6 Å². The van der Waals surface area contributed by atoms with E-state index in [1.54, 1.807) is 0 Å². The molecule has 2 N–H and O–H groups in total. The Morgan fingerprint density at radius 3 is 2.63 bits per heavy atom. The van der Waals surface area contributed by atoms with E-state index in [-0.39, 0.29) is 12.7 Å². The van der Waals surface area contributed by atoms with Crippen LogP contribution in [0, 0.1) is 5.92 Å². The van der Waals surface area contributed by atoms with Gasteiger partial charge in [0.1, 0.15) is 24.4 Å². The zero-order chi connectivity index (χ0) is 29.9. The van der Waals surface area contributed by atoms with Crippen molar-refractivity contribution in [2.45, 2.75) is 39.5 Å². The van der Waals surface area contributed by atoms with Gasteiger partial charge in [0.2, 0.25) is 6.41 Å². The molecule has 0 saturated heterocycles. The Hall–Kier alpha value is -3.60. The molecule has 2 atom stereocenters. The molecule has 0 radical (unpaired) electrons. The molecule has 41 heavy (non-hydrogen) atoms. The first kappa shape index (κ1) is 31.9. The van der Waals surface area contributed by atoms with Gasteiger partial charge in [-0.1, -0.05) is 6.92 Å². The van der Waals surface area contributed by atoms with E-state index >= 15 is 0 Å². The SMILES string of the molecule is CCC(C=O)C(/C=C1/c2nc3ccc(OC(C)CNCCNC=O)c(CN(C)C)c3cc2CN1C)=C(/C=O)COC. The average Bonchev–Trinajstić information content (AvgIpc) is 3.25. The lowest BCUT2D eigenvalue weighted by atomic mass is 9.92. The second-order valence-corrected chi connectivity index (χ2v) is 10.6. The van der Waals surface area contributed by atoms with Crippen LogP contribution in [0.25, 0.3) is 16.6 Å². The van der Waals surface area contributed by atoms with Crippen LogP contribution in [0.4, 0.5) is 0 Å². The van der Waals surface area contributed by atoms with E-state index in [0.29, 0.717) is 56.7 Å². The van der Waals surface area contributed by atoms with Crippen LogP contribution in [0.2, 0.25) is 0 Å². The molecule has 1 amide bonds. The fourth-order valence-corrected chi connectivity index (χ4v) is 5.06. The molecule has 3 rings (SSSR count). The molecule has 1 aliphatic heterocycles. The highest BCUT2D eigenvalue weighted by Crippen LogP contribution is 2.37. The highest BCUT2D eigenvalue weighted by Gasteiger charge is 2.27. The zero-order valence-electron chi connectivity index (χ0n) is 25.0. The summed E-state index contributed by atoms with van der Waals surface area (Å²) in [6.07, 6.45) is 4.78. The second-order valence-electron chi connectivity index (χ2n) is 10.6. The number of aromatic nitrogens is 1. The predicted octanol–water partition coefficient (Wildman–Crippen LogP) is 2.55. The number of benzene rings is 1. The summed E-state index contributed by atoms with van der Waals surface area (Å²) < 4.78 is 11.6. The number of pyridine rings is 1. The Labute approximate surface area is 242 Å². The third-order valence-electron chi connectivity index (χ3n) is 7.08. The van der Waals surface area contributed by atoms with Crippen LogP contribution in [0.15, 0.2) is 35.4 Å². The lowest BCUT2D eigenvalue weighted by Crippen LogP contribution is -2.34. The number of amides is 1. The Bertz CT molecular complexity index is 1290. The van der Waals surface area contributed by atoms with Crippen LogP contribution < -0.4 is 15.4 Å². The number of fused-ring (bicyclic) bond motifs is 2. The molecule has 10 heteroatoms. The molecule has 0 saturated carbocycles. The lowest BCUT2D eigenvalue weighted by molar-refractivity contribution is -0.110.